The molecule has 3 rings (SSSR count). The monoisotopic (exact) mass is 497 g/mol. The predicted octanol–water partition coefficient (Wildman–Crippen LogP) is 6.70. The van der Waals surface area contributed by atoms with Gasteiger partial charge in [0.1, 0.15) is 16.6 Å². The van der Waals surface area contributed by atoms with Crippen molar-refractivity contribution in [1.29, 1.82) is 5.26 Å². The molecule has 7 heteroatoms. The van der Waals surface area contributed by atoms with Crippen LogP contribution in [0.15, 0.2) is 54.0 Å². The van der Waals surface area contributed by atoms with E-state index >= 15 is 0 Å². The minimum absolute atomic E-state index is 0.467. The smallest absolute Gasteiger partial charge is 0.136 e. The third-order valence-corrected chi connectivity index (χ3v) is 5.63. The molecule has 2 aromatic carbocycles. The minimum atomic E-state index is 0.467. The fraction of sp³-hybridized carbons (Fsp3) is 0. The highest BCUT2D eigenvalue weighted by Gasteiger charge is 2.10. The molecule has 1 aromatic heterocycles. The van der Waals surface area contributed by atoms with Crippen molar-refractivity contribution in [2.24, 2.45) is 0 Å². The van der Waals surface area contributed by atoms with Gasteiger partial charge in [-0.1, -0.05) is 29.3 Å². The van der Waals surface area contributed by atoms with Gasteiger partial charge in [-0.2, -0.15) is 5.26 Å². The molecule has 0 amide bonds. The maximum absolute atomic E-state index is 9.43. The Morgan fingerprint density at radius 1 is 1.16 bits per heavy atom. The molecule has 124 valence electrons. The van der Waals surface area contributed by atoms with Crippen molar-refractivity contribution < 1.29 is 0 Å². The second-order valence-electron chi connectivity index (χ2n) is 4.99. The van der Waals surface area contributed by atoms with E-state index in [1.807, 2.05) is 35.7 Å². The number of hydrogen-bond donors (Lipinski definition) is 1. The van der Waals surface area contributed by atoms with Gasteiger partial charge in [0.25, 0.3) is 0 Å². The standard InChI is InChI=1S/C18H10Cl2IN3S/c19-15-6-1-11(7-16(15)20)17-10-25-18(24-17)12(8-22)9-23-14-4-2-13(21)3-5-14/h1-7,9-10,23H. The van der Waals surface area contributed by atoms with E-state index < -0.39 is 0 Å². The molecule has 0 aliphatic heterocycles. The summed E-state index contributed by atoms with van der Waals surface area (Å²) in [5, 5.41) is 16.1. The van der Waals surface area contributed by atoms with Crippen molar-refractivity contribution in [3.05, 3.63) is 72.7 Å². The second-order valence-corrected chi connectivity index (χ2v) is 7.91. The summed E-state index contributed by atoms with van der Waals surface area (Å²) in [5.41, 5.74) is 3.00. The van der Waals surface area contributed by atoms with Crippen LogP contribution in [0, 0.1) is 14.9 Å². The van der Waals surface area contributed by atoms with Gasteiger partial charge in [-0.25, -0.2) is 4.98 Å². The Bertz CT molecular complexity index is 975. The predicted molar refractivity (Wildman–Crippen MR) is 114 cm³/mol. The molecule has 0 saturated heterocycles. The molecule has 0 spiro atoms. The lowest BCUT2D eigenvalue weighted by Gasteiger charge is -2.01. The topological polar surface area (TPSA) is 48.7 Å². The quantitative estimate of drug-likeness (QED) is 0.322. The van der Waals surface area contributed by atoms with Crippen LogP contribution in [0.5, 0.6) is 0 Å². The molecule has 0 atom stereocenters. The van der Waals surface area contributed by atoms with Crippen molar-refractivity contribution in [3.63, 3.8) is 0 Å². The second kappa shape index (κ2) is 8.19. The van der Waals surface area contributed by atoms with Gasteiger partial charge in [-0.3, -0.25) is 0 Å². The number of anilines is 1. The highest BCUT2D eigenvalue weighted by atomic mass is 127. The van der Waals surface area contributed by atoms with E-state index in [-0.39, 0.29) is 0 Å². The molecule has 1 heterocycles. The third-order valence-electron chi connectivity index (χ3n) is 3.30. The molecule has 0 aliphatic carbocycles. The average molecular weight is 498 g/mol. The Kier molecular flexibility index (Phi) is 5.97. The van der Waals surface area contributed by atoms with Crippen LogP contribution in [0.3, 0.4) is 0 Å². The van der Waals surface area contributed by atoms with Gasteiger partial charge >= 0.3 is 0 Å². The number of nitriles is 1. The third kappa shape index (κ3) is 4.53. The first-order chi connectivity index (χ1) is 12.1. The number of nitrogens with zero attached hydrogens (tertiary/aromatic N) is 2. The van der Waals surface area contributed by atoms with E-state index in [1.165, 1.54) is 11.3 Å². The maximum Gasteiger partial charge on any atom is 0.136 e. The van der Waals surface area contributed by atoms with Crippen molar-refractivity contribution in [3.8, 4) is 17.3 Å². The average Bonchev–Trinajstić information content (AvgIpc) is 3.09. The van der Waals surface area contributed by atoms with E-state index in [2.05, 4.69) is 39.0 Å². The number of aromatic nitrogens is 1. The maximum atomic E-state index is 9.43. The van der Waals surface area contributed by atoms with Crippen LogP contribution in [-0.4, -0.2) is 4.98 Å². The molecular weight excluding hydrogens is 488 g/mol. The van der Waals surface area contributed by atoms with Crippen LogP contribution in [0.25, 0.3) is 16.8 Å². The van der Waals surface area contributed by atoms with Crippen LogP contribution in [0.1, 0.15) is 5.01 Å². The molecule has 3 nitrogen and oxygen atoms in total. The van der Waals surface area contributed by atoms with Crippen LogP contribution in [0.2, 0.25) is 10.0 Å². The van der Waals surface area contributed by atoms with Crippen LogP contribution in [-0.2, 0) is 0 Å². The first-order valence-corrected chi connectivity index (χ1v) is 9.82. The van der Waals surface area contributed by atoms with Gasteiger partial charge in [-0.15, -0.1) is 11.3 Å². The summed E-state index contributed by atoms with van der Waals surface area (Å²) >= 11 is 15.7. The minimum Gasteiger partial charge on any atom is -0.360 e. The van der Waals surface area contributed by atoms with E-state index in [0.29, 0.717) is 20.6 Å². The van der Waals surface area contributed by atoms with Gasteiger partial charge in [-0.05, 0) is 59.0 Å². The molecule has 0 saturated carbocycles. The van der Waals surface area contributed by atoms with Gasteiger partial charge in [0.2, 0.25) is 0 Å². The fourth-order valence-electron chi connectivity index (χ4n) is 2.03. The van der Waals surface area contributed by atoms with Crippen molar-refractivity contribution in [2.45, 2.75) is 0 Å². The largest absolute Gasteiger partial charge is 0.360 e. The van der Waals surface area contributed by atoms with E-state index in [9.17, 15) is 5.26 Å². The van der Waals surface area contributed by atoms with E-state index in [4.69, 9.17) is 23.2 Å². The summed E-state index contributed by atoms with van der Waals surface area (Å²) in [5.74, 6) is 0. The van der Waals surface area contributed by atoms with E-state index in [1.54, 1.807) is 18.3 Å². The zero-order chi connectivity index (χ0) is 17.8. The number of rotatable bonds is 4. The summed E-state index contributed by atoms with van der Waals surface area (Å²) < 4.78 is 1.15. The lowest BCUT2D eigenvalue weighted by Crippen LogP contribution is -1.91. The van der Waals surface area contributed by atoms with Crippen molar-refractivity contribution in [1.82, 2.24) is 4.98 Å². The van der Waals surface area contributed by atoms with Crippen LogP contribution < -0.4 is 5.32 Å². The molecule has 0 fully saturated rings. The summed E-state index contributed by atoms with van der Waals surface area (Å²) in [6, 6.07) is 15.4. The molecule has 0 bridgehead atoms. The summed E-state index contributed by atoms with van der Waals surface area (Å²) in [7, 11) is 0. The molecule has 1 N–H and O–H groups in total. The zero-order valence-corrected chi connectivity index (χ0v) is 17.1. The summed E-state index contributed by atoms with van der Waals surface area (Å²) in [4.78, 5) is 4.53. The van der Waals surface area contributed by atoms with Crippen LogP contribution in [0.4, 0.5) is 5.69 Å². The lowest BCUT2D eigenvalue weighted by molar-refractivity contribution is 1.36. The Balaban J connectivity index is 1.83. The number of benzene rings is 2. The number of halogens is 3. The lowest BCUT2D eigenvalue weighted by atomic mass is 10.2. The van der Waals surface area contributed by atoms with E-state index in [0.717, 1.165) is 20.5 Å². The van der Waals surface area contributed by atoms with Gasteiger partial charge in [0.15, 0.2) is 0 Å². The Labute approximate surface area is 173 Å². The first kappa shape index (κ1) is 18.2. The summed E-state index contributed by atoms with van der Waals surface area (Å²) in [6.07, 6.45) is 1.67. The molecule has 0 radical (unpaired) electrons. The fourth-order valence-corrected chi connectivity index (χ4v) is 3.48. The van der Waals surface area contributed by atoms with Gasteiger partial charge in [0.05, 0.1) is 15.7 Å². The Hall–Kier alpha value is -1.59. The normalized spacial score (nSPS) is 11.2. The SMILES string of the molecule is N#CC(=CNc1ccc(I)cc1)c1nc(-c2ccc(Cl)c(Cl)c2)cs1. The molecular formula is C18H10Cl2IN3S. The molecule has 0 unspecified atom stereocenters. The number of thiazole rings is 1. The molecule has 3 aromatic rings. The highest BCUT2D eigenvalue weighted by Crippen LogP contribution is 2.30. The number of allylic oxidation sites excluding steroid dienone is 1. The molecule has 0 aliphatic rings. The summed E-state index contributed by atoms with van der Waals surface area (Å²) in [6.45, 7) is 0. The first-order valence-electron chi connectivity index (χ1n) is 7.10. The highest BCUT2D eigenvalue weighted by molar-refractivity contribution is 14.1. The van der Waals surface area contributed by atoms with Gasteiger partial charge in [0, 0.05) is 26.4 Å². The zero-order valence-electron chi connectivity index (χ0n) is 12.6. The van der Waals surface area contributed by atoms with Gasteiger partial charge < -0.3 is 5.32 Å². The Morgan fingerprint density at radius 2 is 1.92 bits per heavy atom. The number of nitrogens with one attached hydrogen (secondary N) is 1. The van der Waals surface area contributed by atoms with Crippen molar-refractivity contribution in [2.75, 3.05) is 5.32 Å². The Morgan fingerprint density at radius 3 is 2.60 bits per heavy atom. The van der Waals surface area contributed by atoms with Crippen molar-refractivity contribution >= 4 is 68.4 Å². The molecule has 25 heavy (non-hydrogen) atoms. The number of hydrogen-bond acceptors (Lipinski definition) is 4. The van der Waals surface area contributed by atoms with Crippen LogP contribution >= 0.6 is 57.1 Å².